The molecule has 98 valence electrons. The van der Waals surface area contributed by atoms with Crippen LogP contribution in [0.5, 0.6) is 0 Å². The maximum Gasteiger partial charge on any atom is 0.317 e. The van der Waals surface area contributed by atoms with Crippen LogP contribution in [0.25, 0.3) is 0 Å². The predicted molar refractivity (Wildman–Crippen MR) is 65.0 cm³/mol. The van der Waals surface area contributed by atoms with Gasteiger partial charge in [0.1, 0.15) is 0 Å². The molecule has 2 aliphatic rings. The summed E-state index contributed by atoms with van der Waals surface area (Å²) in [6.45, 7) is 6.06. The van der Waals surface area contributed by atoms with E-state index in [-0.39, 0.29) is 12.1 Å². The molecule has 1 saturated carbocycles. The third-order valence-corrected chi connectivity index (χ3v) is 3.72. The first-order chi connectivity index (χ1) is 7.96. The van der Waals surface area contributed by atoms with E-state index in [2.05, 4.69) is 18.7 Å². The SMILES string of the molecule is CC1(C)CC(N(CC(=O)O)CC2CC2)CCO1. The van der Waals surface area contributed by atoms with Gasteiger partial charge in [0, 0.05) is 19.2 Å². The molecular weight excluding hydrogens is 218 g/mol. The molecule has 0 aromatic carbocycles. The summed E-state index contributed by atoms with van der Waals surface area (Å²) < 4.78 is 5.70. The molecule has 4 nitrogen and oxygen atoms in total. The van der Waals surface area contributed by atoms with Crippen LogP contribution >= 0.6 is 0 Å². The highest BCUT2D eigenvalue weighted by Crippen LogP contribution is 2.33. The van der Waals surface area contributed by atoms with Gasteiger partial charge in [-0.3, -0.25) is 9.69 Å². The molecule has 0 radical (unpaired) electrons. The highest BCUT2D eigenvalue weighted by atomic mass is 16.5. The largest absolute Gasteiger partial charge is 0.480 e. The Kier molecular flexibility index (Phi) is 3.73. The molecule has 0 aromatic heterocycles. The van der Waals surface area contributed by atoms with Gasteiger partial charge in [-0.25, -0.2) is 0 Å². The summed E-state index contributed by atoms with van der Waals surface area (Å²) in [7, 11) is 0. The number of hydrogen-bond donors (Lipinski definition) is 1. The number of carboxylic acids is 1. The average molecular weight is 241 g/mol. The lowest BCUT2D eigenvalue weighted by Crippen LogP contribution is -2.48. The number of hydrogen-bond acceptors (Lipinski definition) is 3. The van der Waals surface area contributed by atoms with Crippen LogP contribution in [0.1, 0.15) is 39.5 Å². The number of rotatable bonds is 5. The quantitative estimate of drug-likeness (QED) is 0.796. The van der Waals surface area contributed by atoms with Crippen molar-refractivity contribution in [2.75, 3.05) is 19.7 Å². The summed E-state index contributed by atoms with van der Waals surface area (Å²) in [6.07, 6.45) is 4.43. The molecule has 1 unspecified atom stereocenters. The van der Waals surface area contributed by atoms with Crippen LogP contribution in [-0.4, -0.2) is 47.3 Å². The maximum atomic E-state index is 10.9. The van der Waals surface area contributed by atoms with Gasteiger partial charge in [0.05, 0.1) is 12.1 Å². The van der Waals surface area contributed by atoms with E-state index in [0.29, 0.717) is 6.04 Å². The lowest BCUT2D eigenvalue weighted by Gasteiger charge is -2.40. The lowest BCUT2D eigenvalue weighted by atomic mass is 9.92. The van der Waals surface area contributed by atoms with Crippen LogP contribution in [0.4, 0.5) is 0 Å². The molecule has 0 aromatic rings. The van der Waals surface area contributed by atoms with E-state index < -0.39 is 5.97 Å². The van der Waals surface area contributed by atoms with E-state index in [1.165, 1.54) is 12.8 Å². The van der Waals surface area contributed by atoms with Gasteiger partial charge in [0.25, 0.3) is 0 Å². The van der Waals surface area contributed by atoms with Crippen LogP contribution in [0.3, 0.4) is 0 Å². The van der Waals surface area contributed by atoms with Gasteiger partial charge in [-0.15, -0.1) is 0 Å². The zero-order valence-electron chi connectivity index (χ0n) is 10.8. The number of ether oxygens (including phenoxy) is 1. The fraction of sp³-hybridized carbons (Fsp3) is 0.923. The first-order valence-electron chi connectivity index (χ1n) is 6.56. The van der Waals surface area contributed by atoms with Crippen molar-refractivity contribution < 1.29 is 14.6 Å². The van der Waals surface area contributed by atoms with E-state index in [9.17, 15) is 4.79 Å². The van der Waals surface area contributed by atoms with E-state index in [0.717, 1.165) is 31.9 Å². The van der Waals surface area contributed by atoms with Crippen molar-refractivity contribution in [1.29, 1.82) is 0 Å². The normalized spacial score (nSPS) is 28.3. The molecule has 4 heteroatoms. The topological polar surface area (TPSA) is 49.8 Å². The van der Waals surface area contributed by atoms with Crippen molar-refractivity contribution in [3.8, 4) is 0 Å². The summed E-state index contributed by atoms with van der Waals surface area (Å²) >= 11 is 0. The summed E-state index contributed by atoms with van der Waals surface area (Å²) in [5.74, 6) is 0.0234. The van der Waals surface area contributed by atoms with E-state index in [1.807, 2.05) is 0 Å². The molecule has 0 spiro atoms. The Labute approximate surface area is 103 Å². The van der Waals surface area contributed by atoms with Gasteiger partial charge in [-0.2, -0.15) is 0 Å². The number of carbonyl (C=O) groups is 1. The highest BCUT2D eigenvalue weighted by molar-refractivity contribution is 5.69. The molecule has 0 bridgehead atoms. The van der Waals surface area contributed by atoms with Crippen molar-refractivity contribution in [3.05, 3.63) is 0 Å². The maximum absolute atomic E-state index is 10.9. The van der Waals surface area contributed by atoms with E-state index >= 15 is 0 Å². The Hall–Kier alpha value is -0.610. The molecule has 1 aliphatic heterocycles. The summed E-state index contributed by atoms with van der Waals surface area (Å²) in [4.78, 5) is 13.1. The van der Waals surface area contributed by atoms with E-state index in [1.54, 1.807) is 0 Å². The smallest absolute Gasteiger partial charge is 0.317 e. The van der Waals surface area contributed by atoms with Crippen molar-refractivity contribution in [2.45, 2.75) is 51.2 Å². The van der Waals surface area contributed by atoms with Gasteiger partial charge in [0.2, 0.25) is 0 Å². The Bertz CT molecular complexity index is 286. The van der Waals surface area contributed by atoms with E-state index in [4.69, 9.17) is 9.84 Å². The summed E-state index contributed by atoms with van der Waals surface area (Å²) in [5.41, 5.74) is -0.108. The number of carboxylic acid groups (broad SMARTS) is 1. The molecule has 17 heavy (non-hydrogen) atoms. The van der Waals surface area contributed by atoms with Crippen LogP contribution in [0.2, 0.25) is 0 Å². The Balaban J connectivity index is 1.95. The lowest BCUT2D eigenvalue weighted by molar-refractivity contribution is -0.141. The van der Waals surface area contributed by atoms with Gasteiger partial charge >= 0.3 is 5.97 Å². The summed E-state index contributed by atoms with van der Waals surface area (Å²) in [6, 6.07) is 0.371. The third-order valence-electron chi connectivity index (χ3n) is 3.72. The number of nitrogens with zero attached hydrogens (tertiary/aromatic N) is 1. The zero-order valence-corrected chi connectivity index (χ0v) is 10.8. The first kappa shape index (κ1) is 12.8. The third kappa shape index (κ3) is 3.96. The van der Waals surface area contributed by atoms with Gasteiger partial charge in [-0.05, 0) is 45.4 Å². The molecule has 1 aliphatic carbocycles. The molecule has 0 amide bonds. The monoisotopic (exact) mass is 241 g/mol. The van der Waals surface area contributed by atoms with Crippen molar-refractivity contribution >= 4 is 5.97 Å². The van der Waals surface area contributed by atoms with Crippen molar-refractivity contribution in [2.24, 2.45) is 5.92 Å². The molecule has 1 saturated heterocycles. The molecule has 1 heterocycles. The standard InChI is InChI=1S/C13H23NO3/c1-13(2)7-11(5-6-17-13)14(9-12(15)16)8-10-3-4-10/h10-11H,3-9H2,1-2H3,(H,15,16). The molecule has 2 rings (SSSR count). The van der Waals surface area contributed by atoms with Gasteiger partial charge in [-0.1, -0.05) is 0 Å². The fourth-order valence-electron chi connectivity index (χ4n) is 2.66. The number of aliphatic carboxylic acids is 1. The minimum Gasteiger partial charge on any atom is -0.480 e. The first-order valence-corrected chi connectivity index (χ1v) is 6.56. The minimum atomic E-state index is -0.713. The van der Waals surface area contributed by atoms with Crippen LogP contribution in [0.15, 0.2) is 0 Å². The van der Waals surface area contributed by atoms with Crippen molar-refractivity contribution in [3.63, 3.8) is 0 Å². The van der Waals surface area contributed by atoms with Gasteiger partial charge < -0.3 is 9.84 Å². The second-order valence-corrected chi connectivity index (χ2v) is 6.02. The average Bonchev–Trinajstić information content (AvgIpc) is 2.98. The van der Waals surface area contributed by atoms with Crippen LogP contribution < -0.4 is 0 Å². The molecule has 2 fully saturated rings. The summed E-state index contributed by atoms with van der Waals surface area (Å²) in [5, 5.41) is 9.01. The van der Waals surface area contributed by atoms with Crippen molar-refractivity contribution in [1.82, 2.24) is 4.90 Å². The molecule has 1 N–H and O–H groups in total. The Morgan fingerprint density at radius 1 is 1.41 bits per heavy atom. The van der Waals surface area contributed by atoms with Gasteiger partial charge in [0.15, 0.2) is 0 Å². The molecule has 1 atom stereocenters. The predicted octanol–water partition coefficient (Wildman–Crippen LogP) is 1.74. The Morgan fingerprint density at radius 3 is 2.65 bits per heavy atom. The second-order valence-electron chi connectivity index (χ2n) is 6.02. The van der Waals surface area contributed by atoms with Crippen LogP contribution in [0, 0.1) is 5.92 Å². The second kappa shape index (κ2) is 4.94. The minimum absolute atomic E-state index is 0.108. The van der Waals surface area contributed by atoms with Crippen LogP contribution in [-0.2, 0) is 9.53 Å². The zero-order chi connectivity index (χ0) is 12.5. The molecular formula is C13H23NO3. The highest BCUT2D eigenvalue weighted by Gasteiger charge is 2.35. The Morgan fingerprint density at radius 2 is 2.12 bits per heavy atom. The fourth-order valence-corrected chi connectivity index (χ4v) is 2.66.